The fourth-order valence-corrected chi connectivity index (χ4v) is 3.25. The maximum absolute atomic E-state index is 11.7. The van der Waals surface area contributed by atoms with Crippen LogP contribution in [0.15, 0.2) is 34.9 Å². The third-order valence-electron chi connectivity index (χ3n) is 4.73. The fourth-order valence-electron chi connectivity index (χ4n) is 3.25. The number of carbonyl (C=O) groups excluding carboxylic acids is 2. The first-order valence-electron chi connectivity index (χ1n) is 8.39. The van der Waals surface area contributed by atoms with Gasteiger partial charge in [0.15, 0.2) is 0 Å². The van der Waals surface area contributed by atoms with Crippen LogP contribution in [0.1, 0.15) is 59.8 Å². The van der Waals surface area contributed by atoms with Gasteiger partial charge >= 0.3 is 0 Å². The summed E-state index contributed by atoms with van der Waals surface area (Å²) in [4.78, 5) is 23.1. The Kier molecular flexibility index (Phi) is 8.08. The van der Waals surface area contributed by atoms with Gasteiger partial charge in [0.25, 0.3) is 0 Å². The highest BCUT2D eigenvalue weighted by molar-refractivity contribution is 5.81. The smallest absolute Gasteiger partial charge is 0.146 e. The first-order chi connectivity index (χ1) is 10.5. The molecule has 0 N–H and O–H groups in total. The van der Waals surface area contributed by atoms with Gasteiger partial charge in [-0.3, -0.25) is 4.79 Å². The summed E-state index contributed by atoms with van der Waals surface area (Å²) in [5.74, 6) is 0.430. The van der Waals surface area contributed by atoms with E-state index in [-0.39, 0.29) is 11.8 Å². The Bertz CT molecular complexity index is 464. The summed E-state index contributed by atoms with van der Waals surface area (Å²) in [5, 5.41) is 0. The van der Waals surface area contributed by atoms with E-state index in [9.17, 15) is 9.59 Å². The van der Waals surface area contributed by atoms with Gasteiger partial charge in [-0.1, -0.05) is 36.3 Å². The lowest BCUT2D eigenvalue weighted by Gasteiger charge is -2.29. The van der Waals surface area contributed by atoms with Gasteiger partial charge in [-0.15, -0.1) is 0 Å². The Morgan fingerprint density at radius 3 is 2.64 bits per heavy atom. The second-order valence-corrected chi connectivity index (χ2v) is 6.81. The molecule has 1 rings (SSSR count). The minimum atomic E-state index is -0.251. The van der Waals surface area contributed by atoms with Gasteiger partial charge in [-0.2, -0.15) is 0 Å². The molecule has 0 amide bonds. The van der Waals surface area contributed by atoms with Crippen molar-refractivity contribution in [1.29, 1.82) is 0 Å². The molecule has 2 nitrogen and oxygen atoms in total. The third kappa shape index (κ3) is 5.75. The molecule has 0 saturated carbocycles. The van der Waals surface area contributed by atoms with Gasteiger partial charge in [-0.25, -0.2) is 0 Å². The quantitative estimate of drug-likeness (QED) is 0.508. The van der Waals surface area contributed by atoms with Gasteiger partial charge in [-0.05, 0) is 70.3 Å². The summed E-state index contributed by atoms with van der Waals surface area (Å²) in [6.07, 6.45) is 13.1. The van der Waals surface area contributed by atoms with Crippen molar-refractivity contribution >= 4 is 12.6 Å². The predicted molar refractivity (Wildman–Crippen MR) is 92.6 cm³/mol. The molecule has 122 valence electrons. The second-order valence-electron chi connectivity index (χ2n) is 6.81. The van der Waals surface area contributed by atoms with Crippen molar-refractivity contribution in [2.24, 2.45) is 17.8 Å². The van der Waals surface area contributed by atoms with Crippen molar-refractivity contribution in [3.05, 3.63) is 34.9 Å². The van der Waals surface area contributed by atoms with Gasteiger partial charge in [0.05, 0.1) is 0 Å². The predicted octanol–water partition coefficient (Wildman–Crippen LogP) is 5.06. The number of aldehydes is 2. The third-order valence-corrected chi connectivity index (χ3v) is 4.73. The van der Waals surface area contributed by atoms with Crippen LogP contribution in [0.5, 0.6) is 0 Å². The molecule has 0 radical (unpaired) electrons. The lowest BCUT2D eigenvalue weighted by molar-refractivity contribution is -0.114. The summed E-state index contributed by atoms with van der Waals surface area (Å²) >= 11 is 0. The minimum Gasteiger partial charge on any atom is -0.303 e. The summed E-state index contributed by atoms with van der Waals surface area (Å²) in [7, 11) is 0. The van der Waals surface area contributed by atoms with Crippen LogP contribution in [0.25, 0.3) is 0 Å². The molecule has 3 unspecified atom stereocenters. The zero-order chi connectivity index (χ0) is 16.5. The molecule has 0 aromatic carbocycles. The first-order valence-corrected chi connectivity index (χ1v) is 8.39. The van der Waals surface area contributed by atoms with Crippen molar-refractivity contribution in [2.45, 2.75) is 59.8 Å². The summed E-state index contributed by atoms with van der Waals surface area (Å²) < 4.78 is 0. The Labute approximate surface area is 135 Å². The van der Waals surface area contributed by atoms with Crippen LogP contribution in [0.4, 0.5) is 0 Å². The average Bonchev–Trinajstić information content (AvgIpc) is 2.55. The zero-order valence-corrected chi connectivity index (χ0v) is 14.5. The number of carbonyl (C=O) groups is 2. The lowest BCUT2D eigenvalue weighted by Crippen LogP contribution is -2.25. The van der Waals surface area contributed by atoms with Crippen molar-refractivity contribution in [3.63, 3.8) is 0 Å². The van der Waals surface area contributed by atoms with Gasteiger partial charge in [0.2, 0.25) is 0 Å². The molecule has 0 saturated heterocycles. The van der Waals surface area contributed by atoms with E-state index in [1.807, 2.05) is 6.08 Å². The normalized spacial score (nSPS) is 28.7. The van der Waals surface area contributed by atoms with Crippen LogP contribution in [0.3, 0.4) is 0 Å². The Balaban J connectivity index is 2.93. The maximum Gasteiger partial charge on any atom is 0.146 e. The second kappa shape index (κ2) is 9.55. The number of hydrogen-bond donors (Lipinski definition) is 0. The molecule has 0 aromatic heterocycles. The van der Waals surface area contributed by atoms with E-state index in [0.717, 1.165) is 44.7 Å². The Morgan fingerprint density at radius 2 is 2.05 bits per heavy atom. The SMILES string of the molecule is CC(C)=CCCC(C)C1CC/C(C)=C\C/C=C(/C=O)C1C=O. The van der Waals surface area contributed by atoms with Gasteiger partial charge in [0, 0.05) is 5.92 Å². The van der Waals surface area contributed by atoms with Crippen LogP contribution >= 0.6 is 0 Å². The number of hydrogen-bond acceptors (Lipinski definition) is 2. The molecule has 3 atom stereocenters. The van der Waals surface area contributed by atoms with Crippen LogP contribution in [0.2, 0.25) is 0 Å². The molecule has 0 aromatic rings. The van der Waals surface area contributed by atoms with Crippen LogP contribution in [-0.4, -0.2) is 12.6 Å². The standard InChI is InChI=1S/C20H30O2/c1-15(2)7-5-9-17(4)19-12-11-16(3)8-6-10-18(13-21)20(19)14-22/h7-8,10,13-14,17,19-20H,5-6,9,11-12H2,1-4H3/b16-8-,18-10-. The van der Waals surface area contributed by atoms with E-state index in [0.29, 0.717) is 11.5 Å². The summed E-state index contributed by atoms with van der Waals surface area (Å²) in [6, 6.07) is 0. The molecular weight excluding hydrogens is 272 g/mol. The molecule has 1 aliphatic carbocycles. The molecule has 0 fully saturated rings. The van der Waals surface area contributed by atoms with E-state index in [1.54, 1.807) is 0 Å². The van der Waals surface area contributed by atoms with Crippen LogP contribution in [0, 0.1) is 17.8 Å². The van der Waals surface area contributed by atoms with E-state index >= 15 is 0 Å². The molecule has 0 heterocycles. The van der Waals surface area contributed by atoms with Gasteiger partial charge < -0.3 is 4.79 Å². The summed E-state index contributed by atoms with van der Waals surface area (Å²) in [6.45, 7) is 8.58. The van der Waals surface area contributed by atoms with Crippen LogP contribution < -0.4 is 0 Å². The first kappa shape index (κ1) is 18.6. The largest absolute Gasteiger partial charge is 0.303 e. The lowest BCUT2D eigenvalue weighted by atomic mass is 9.75. The fraction of sp³-hybridized carbons (Fsp3) is 0.600. The highest BCUT2D eigenvalue weighted by Gasteiger charge is 2.29. The van der Waals surface area contributed by atoms with Crippen molar-refractivity contribution in [1.82, 2.24) is 0 Å². The Hall–Kier alpha value is -1.44. The van der Waals surface area contributed by atoms with Gasteiger partial charge in [0.1, 0.15) is 12.6 Å². The van der Waals surface area contributed by atoms with E-state index < -0.39 is 0 Å². The van der Waals surface area contributed by atoms with E-state index in [4.69, 9.17) is 0 Å². The highest BCUT2D eigenvalue weighted by Crippen LogP contribution is 2.34. The molecule has 0 spiro atoms. The van der Waals surface area contributed by atoms with E-state index in [2.05, 4.69) is 39.8 Å². The molecule has 0 aliphatic heterocycles. The molecule has 2 heteroatoms. The van der Waals surface area contributed by atoms with Crippen molar-refractivity contribution in [3.8, 4) is 0 Å². The van der Waals surface area contributed by atoms with Crippen LogP contribution in [-0.2, 0) is 9.59 Å². The topological polar surface area (TPSA) is 34.1 Å². The van der Waals surface area contributed by atoms with E-state index in [1.165, 1.54) is 11.1 Å². The number of rotatable bonds is 6. The van der Waals surface area contributed by atoms with Crippen molar-refractivity contribution in [2.75, 3.05) is 0 Å². The molecular formula is C20H30O2. The van der Waals surface area contributed by atoms with Crippen molar-refractivity contribution < 1.29 is 9.59 Å². The molecule has 1 aliphatic rings. The Morgan fingerprint density at radius 1 is 1.32 bits per heavy atom. The monoisotopic (exact) mass is 302 g/mol. The number of allylic oxidation sites excluding steroid dienone is 6. The summed E-state index contributed by atoms with van der Waals surface area (Å²) in [5.41, 5.74) is 3.36. The zero-order valence-electron chi connectivity index (χ0n) is 14.5. The molecule has 22 heavy (non-hydrogen) atoms. The average molecular weight is 302 g/mol. The maximum atomic E-state index is 11.7. The molecule has 0 bridgehead atoms. The highest BCUT2D eigenvalue weighted by atomic mass is 16.1. The minimum absolute atomic E-state index is 0.251.